The van der Waals surface area contributed by atoms with Gasteiger partial charge in [0.05, 0.1) is 5.03 Å². The molecule has 1 aromatic heterocycles. The maximum absolute atomic E-state index is 10.5. The topological polar surface area (TPSA) is 56.0 Å². The predicted molar refractivity (Wildman–Crippen MR) is 53.5 cm³/mol. The van der Waals surface area contributed by atoms with Crippen molar-refractivity contribution >= 4 is 17.7 Å². The predicted octanol–water partition coefficient (Wildman–Crippen LogP) is 1.22. The van der Waals surface area contributed by atoms with Crippen molar-refractivity contribution < 1.29 is 4.79 Å². The number of primary amides is 1. The molecule has 0 aliphatic heterocycles. The Morgan fingerprint density at radius 2 is 2.46 bits per heavy atom. The van der Waals surface area contributed by atoms with E-state index in [9.17, 15) is 4.79 Å². The number of aromatic nitrogens is 1. The number of carbonyl (C=O) groups is 1. The average molecular weight is 196 g/mol. The fourth-order valence-corrected chi connectivity index (χ4v) is 1.42. The van der Waals surface area contributed by atoms with E-state index < -0.39 is 0 Å². The number of hydrogen-bond donors (Lipinski definition) is 1. The Morgan fingerprint density at radius 3 is 3.08 bits per heavy atom. The van der Waals surface area contributed by atoms with Gasteiger partial charge < -0.3 is 5.73 Å². The van der Waals surface area contributed by atoms with Crippen LogP contribution in [0.4, 0.5) is 0 Å². The Kier molecular flexibility index (Phi) is 3.76. The molecule has 0 saturated carbocycles. The van der Waals surface area contributed by atoms with Gasteiger partial charge in [-0.3, -0.25) is 4.79 Å². The quantitative estimate of drug-likeness (QED) is 0.737. The lowest BCUT2D eigenvalue weighted by atomic mass is 10.1. The lowest BCUT2D eigenvalue weighted by molar-refractivity contribution is -0.117. The van der Waals surface area contributed by atoms with Crippen molar-refractivity contribution in [2.75, 3.05) is 6.26 Å². The van der Waals surface area contributed by atoms with E-state index in [4.69, 9.17) is 5.73 Å². The highest BCUT2D eigenvalue weighted by atomic mass is 32.2. The Morgan fingerprint density at radius 1 is 1.69 bits per heavy atom. The van der Waals surface area contributed by atoms with Crippen LogP contribution in [0.15, 0.2) is 23.4 Å². The van der Waals surface area contributed by atoms with Crippen molar-refractivity contribution in [3.05, 3.63) is 23.9 Å². The number of hydrogen-bond acceptors (Lipinski definition) is 3. The molecular formula is C9H12N2OS. The standard InChI is InChI=1S/C9H12N2OS/c1-13-9-6-7(4-5-11-9)2-3-8(10)12/h4-6H,2-3H2,1H3,(H2,10,12). The van der Waals surface area contributed by atoms with Gasteiger partial charge in [0.25, 0.3) is 0 Å². The highest BCUT2D eigenvalue weighted by molar-refractivity contribution is 7.98. The summed E-state index contributed by atoms with van der Waals surface area (Å²) in [4.78, 5) is 14.7. The fourth-order valence-electron chi connectivity index (χ4n) is 0.985. The van der Waals surface area contributed by atoms with E-state index in [1.54, 1.807) is 18.0 Å². The first-order valence-corrected chi connectivity index (χ1v) is 5.22. The monoisotopic (exact) mass is 196 g/mol. The van der Waals surface area contributed by atoms with E-state index in [-0.39, 0.29) is 5.91 Å². The van der Waals surface area contributed by atoms with Crippen LogP contribution in [0.5, 0.6) is 0 Å². The van der Waals surface area contributed by atoms with Gasteiger partial charge in [-0.2, -0.15) is 0 Å². The number of aryl methyl sites for hydroxylation is 1. The second-order valence-electron chi connectivity index (χ2n) is 2.67. The number of amides is 1. The molecule has 0 radical (unpaired) electrons. The summed E-state index contributed by atoms with van der Waals surface area (Å²) >= 11 is 1.59. The lowest BCUT2D eigenvalue weighted by Gasteiger charge is -2.00. The van der Waals surface area contributed by atoms with Gasteiger partial charge in [-0.25, -0.2) is 4.98 Å². The molecule has 2 N–H and O–H groups in total. The van der Waals surface area contributed by atoms with Crippen LogP contribution in [0.3, 0.4) is 0 Å². The maximum atomic E-state index is 10.5. The maximum Gasteiger partial charge on any atom is 0.217 e. The first kappa shape index (κ1) is 10.1. The van der Waals surface area contributed by atoms with Crippen molar-refractivity contribution in [3.63, 3.8) is 0 Å². The third-order valence-corrected chi connectivity index (χ3v) is 2.31. The molecule has 70 valence electrons. The number of pyridine rings is 1. The van der Waals surface area contributed by atoms with Gasteiger partial charge in [-0.15, -0.1) is 11.8 Å². The highest BCUT2D eigenvalue weighted by Crippen LogP contribution is 2.13. The molecule has 0 unspecified atom stereocenters. The minimum atomic E-state index is -0.262. The molecule has 0 aliphatic rings. The van der Waals surface area contributed by atoms with E-state index >= 15 is 0 Å². The summed E-state index contributed by atoms with van der Waals surface area (Å²) in [6, 6.07) is 3.89. The van der Waals surface area contributed by atoms with E-state index in [0.29, 0.717) is 12.8 Å². The minimum absolute atomic E-state index is 0.262. The number of carbonyl (C=O) groups excluding carboxylic acids is 1. The third-order valence-electron chi connectivity index (χ3n) is 1.67. The van der Waals surface area contributed by atoms with Crippen molar-refractivity contribution in [1.82, 2.24) is 4.98 Å². The molecule has 1 heterocycles. The Bertz CT molecular complexity index is 301. The SMILES string of the molecule is CSc1cc(CCC(N)=O)ccn1. The smallest absolute Gasteiger partial charge is 0.217 e. The molecule has 13 heavy (non-hydrogen) atoms. The molecule has 0 fully saturated rings. The van der Waals surface area contributed by atoms with Crippen LogP contribution in [0.1, 0.15) is 12.0 Å². The zero-order valence-corrected chi connectivity index (χ0v) is 8.30. The number of nitrogens with two attached hydrogens (primary N) is 1. The first-order chi connectivity index (χ1) is 6.22. The summed E-state index contributed by atoms with van der Waals surface area (Å²) in [5, 5.41) is 0.974. The Labute approximate surface area is 81.7 Å². The summed E-state index contributed by atoms with van der Waals surface area (Å²) in [5.74, 6) is -0.262. The molecule has 1 rings (SSSR count). The van der Waals surface area contributed by atoms with E-state index in [0.717, 1.165) is 10.6 Å². The highest BCUT2D eigenvalue weighted by Gasteiger charge is 1.98. The molecular weight excluding hydrogens is 184 g/mol. The van der Waals surface area contributed by atoms with Crippen LogP contribution in [0.2, 0.25) is 0 Å². The molecule has 4 heteroatoms. The first-order valence-electron chi connectivity index (χ1n) is 3.99. The van der Waals surface area contributed by atoms with Crippen molar-refractivity contribution in [2.24, 2.45) is 5.73 Å². The van der Waals surface area contributed by atoms with Gasteiger partial charge in [0.1, 0.15) is 0 Å². The lowest BCUT2D eigenvalue weighted by Crippen LogP contribution is -2.11. The molecule has 3 nitrogen and oxygen atoms in total. The third kappa shape index (κ3) is 3.46. The summed E-state index contributed by atoms with van der Waals surface area (Å²) < 4.78 is 0. The van der Waals surface area contributed by atoms with Crippen LogP contribution in [-0.2, 0) is 11.2 Å². The molecule has 0 spiro atoms. The molecule has 0 aromatic carbocycles. The van der Waals surface area contributed by atoms with Gasteiger partial charge in [0.2, 0.25) is 5.91 Å². The van der Waals surface area contributed by atoms with Crippen LogP contribution >= 0.6 is 11.8 Å². The molecule has 1 amide bonds. The van der Waals surface area contributed by atoms with E-state index in [1.165, 1.54) is 0 Å². The van der Waals surface area contributed by atoms with Crippen LogP contribution in [-0.4, -0.2) is 17.1 Å². The Balaban J connectivity index is 2.61. The molecule has 0 aliphatic carbocycles. The summed E-state index contributed by atoms with van der Waals surface area (Å²) in [7, 11) is 0. The van der Waals surface area contributed by atoms with Gasteiger partial charge >= 0.3 is 0 Å². The molecule has 0 saturated heterocycles. The van der Waals surface area contributed by atoms with Gasteiger partial charge in [-0.05, 0) is 30.4 Å². The zero-order chi connectivity index (χ0) is 9.68. The summed E-state index contributed by atoms with van der Waals surface area (Å²) in [6.45, 7) is 0. The second-order valence-corrected chi connectivity index (χ2v) is 3.50. The largest absolute Gasteiger partial charge is 0.370 e. The van der Waals surface area contributed by atoms with E-state index in [2.05, 4.69) is 4.98 Å². The average Bonchev–Trinajstić information content (AvgIpc) is 2.15. The molecule has 0 bridgehead atoms. The second kappa shape index (κ2) is 4.87. The van der Waals surface area contributed by atoms with Crippen LogP contribution in [0.25, 0.3) is 0 Å². The normalized spacial score (nSPS) is 9.92. The summed E-state index contributed by atoms with van der Waals surface area (Å²) in [5.41, 5.74) is 6.16. The Hall–Kier alpha value is -1.03. The number of rotatable bonds is 4. The van der Waals surface area contributed by atoms with Gasteiger partial charge in [0.15, 0.2) is 0 Å². The van der Waals surface area contributed by atoms with Crippen molar-refractivity contribution in [1.29, 1.82) is 0 Å². The molecule has 0 atom stereocenters. The molecule has 1 aromatic rings. The van der Waals surface area contributed by atoms with Crippen LogP contribution in [0, 0.1) is 0 Å². The summed E-state index contributed by atoms with van der Waals surface area (Å²) in [6.07, 6.45) is 4.83. The van der Waals surface area contributed by atoms with Crippen LogP contribution < -0.4 is 5.73 Å². The van der Waals surface area contributed by atoms with Gasteiger partial charge in [0, 0.05) is 12.6 Å². The van der Waals surface area contributed by atoms with Crippen molar-refractivity contribution in [3.8, 4) is 0 Å². The van der Waals surface area contributed by atoms with E-state index in [1.807, 2.05) is 18.4 Å². The minimum Gasteiger partial charge on any atom is -0.370 e. The van der Waals surface area contributed by atoms with Gasteiger partial charge in [-0.1, -0.05) is 0 Å². The number of thioether (sulfide) groups is 1. The van der Waals surface area contributed by atoms with Crippen molar-refractivity contribution in [2.45, 2.75) is 17.9 Å². The zero-order valence-electron chi connectivity index (χ0n) is 7.49. The number of nitrogens with zero attached hydrogens (tertiary/aromatic N) is 1. The fraction of sp³-hybridized carbons (Fsp3) is 0.333.